The lowest BCUT2D eigenvalue weighted by atomic mass is 10.1. The van der Waals surface area contributed by atoms with Crippen molar-refractivity contribution in [2.75, 3.05) is 12.9 Å². The maximum absolute atomic E-state index is 12.6. The van der Waals surface area contributed by atoms with Gasteiger partial charge in [0.05, 0.1) is 18.9 Å². The molecule has 0 aliphatic heterocycles. The molecule has 1 atom stereocenters. The van der Waals surface area contributed by atoms with Crippen LogP contribution < -0.4 is 10.1 Å². The number of nitrogens with zero attached hydrogens (tertiary/aromatic N) is 3. The normalized spacial score (nSPS) is 11.7. The van der Waals surface area contributed by atoms with Crippen molar-refractivity contribution < 1.29 is 9.53 Å². The zero-order valence-electron chi connectivity index (χ0n) is 17.9. The number of hydrogen-bond donors (Lipinski definition) is 1. The Morgan fingerprint density at radius 2 is 1.62 bits per heavy atom. The van der Waals surface area contributed by atoms with Crippen LogP contribution in [0, 0.1) is 0 Å². The molecule has 32 heavy (non-hydrogen) atoms. The standard InChI is InChI=1S/C25H24N4O2S/c1-18(19-9-5-3-6-10-19)26-23(30)17-32-25-28-27-24(20-11-7-4-8-12-20)29(25)21-13-15-22(31-2)16-14-21/h3-16,18H,17H2,1-2H3,(H,26,30)/t18-/m0/s1. The van der Waals surface area contributed by atoms with E-state index in [1.807, 2.05) is 96.4 Å². The van der Waals surface area contributed by atoms with Crippen molar-refractivity contribution in [3.8, 4) is 22.8 Å². The number of thioether (sulfide) groups is 1. The monoisotopic (exact) mass is 444 g/mol. The van der Waals surface area contributed by atoms with Gasteiger partial charge in [0, 0.05) is 11.3 Å². The number of nitrogens with one attached hydrogen (secondary N) is 1. The van der Waals surface area contributed by atoms with Crippen LogP contribution in [0.3, 0.4) is 0 Å². The summed E-state index contributed by atoms with van der Waals surface area (Å²) in [5, 5.41) is 12.5. The van der Waals surface area contributed by atoms with Gasteiger partial charge in [-0.05, 0) is 36.8 Å². The van der Waals surface area contributed by atoms with Gasteiger partial charge < -0.3 is 10.1 Å². The summed E-state index contributed by atoms with van der Waals surface area (Å²) in [7, 11) is 1.64. The summed E-state index contributed by atoms with van der Waals surface area (Å²) in [5.41, 5.74) is 2.92. The molecular formula is C25H24N4O2S. The molecule has 1 heterocycles. The van der Waals surface area contributed by atoms with Gasteiger partial charge in [-0.1, -0.05) is 72.4 Å². The van der Waals surface area contributed by atoms with Crippen LogP contribution in [0.2, 0.25) is 0 Å². The number of amides is 1. The zero-order valence-corrected chi connectivity index (χ0v) is 18.8. The minimum Gasteiger partial charge on any atom is -0.497 e. The summed E-state index contributed by atoms with van der Waals surface area (Å²) in [6.45, 7) is 1.98. The fourth-order valence-corrected chi connectivity index (χ4v) is 4.10. The van der Waals surface area contributed by atoms with Gasteiger partial charge in [-0.2, -0.15) is 0 Å². The molecule has 0 aliphatic rings. The van der Waals surface area contributed by atoms with Crippen molar-refractivity contribution in [1.82, 2.24) is 20.1 Å². The summed E-state index contributed by atoms with van der Waals surface area (Å²) in [6.07, 6.45) is 0. The van der Waals surface area contributed by atoms with Gasteiger partial charge in [-0.15, -0.1) is 10.2 Å². The van der Waals surface area contributed by atoms with Crippen LogP contribution in [0.4, 0.5) is 0 Å². The van der Waals surface area contributed by atoms with Crippen LogP contribution in [0.25, 0.3) is 17.1 Å². The van der Waals surface area contributed by atoms with E-state index in [-0.39, 0.29) is 17.7 Å². The number of benzene rings is 3. The highest BCUT2D eigenvalue weighted by Gasteiger charge is 2.18. The third-order valence-electron chi connectivity index (χ3n) is 5.01. The number of carbonyl (C=O) groups excluding carboxylic acids is 1. The fourth-order valence-electron chi connectivity index (χ4n) is 3.34. The van der Waals surface area contributed by atoms with E-state index in [0.717, 1.165) is 28.4 Å². The van der Waals surface area contributed by atoms with Crippen molar-refractivity contribution in [1.29, 1.82) is 0 Å². The quantitative estimate of drug-likeness (QED) is 0.391. The molecule has 0 unspecified atom stereocenters. The van der Waals surface area contributed by atoms with Crippen LogP contribution >= 0.6 is 11.8 Å². The predicted octanol–water partition coefficient (Wildman–Crippen LogP) is 4.91. The van der Waals surface area contributed by atoms with E-state index in [0.29, 0.717) is 5.16 Å². The average Bonchev–Trinajstić information content (AvgIpc) is 3.28. The predicted molar refractivity (Wildman–Crippen MR) is 127 cm³/mol. The van der Waals surface area contributed by atoms with Crippen LogP contribution in [0.15, 0.2) is 90.1 Å². The van der Waals surface area contributed by atoms with E-state index < -0.39 is 0 Å². The molecule has 0 fully saturated rings. The molecule has 0 bridgehead atoms. The Kier molecular flexibility index (Phi) is 6.87. The maximum atomic E-state index is 12.6. The van der Waals surface area contributed by atoms with Crippen molar-refractivity contribution in [2.24, 2.45) is 0 Å². The second-order valence-electron chi connectivity index (χ2n) is 7.19. The third-order valence-corrected chi connectivity index (χ3v) is 5.93. The lowest BCUT2D eigenvalue weighted by Gasteiger charge is -2.14. The van der Waals surface area contributed by atoms with Gasteiger partial charge in [0.25, 0.3) is 0 Å². The molecule has 3 aromatic carbocycles. The fraction of sp³-hybridized carbons (Fsp3) is 0.160. The molecule has 6 nitrogen and oxygen atoms in total. The summed E-state index contributed by atoms with van der Waals surface area (Å²) in [4.78, 5) is 12.6. The molecule has 7 heteroatoms. The lowest BCUT2D eigenvalue weighted by molar-refractivity contribution is -0.119. The molecule has 0 radical (unpaired) electrons. The van der Waals surface area contributed by atoms with Crippen LogP contribution in [0.5, 0.6) is 5.75 Å². The number of methoxy groups -OCH3 is 1. The second kappa shape index (κ2) is 10.2. The van der Waals surface area contributed by atoms with Gasteiger partial charge in [-0.25, -0.2) is 0 Å². The summed E-state index contributed by atoms with van der Waals surface area (Å²) >= 11 is 1.36. The highest BCUT2D eigenvalue weighted by atomic mass is 32.2. The average molecular weight is 445 g/mol. The molecular weight excluding hydrogens is 420 g/mol. The Morgan fingerprint density at radius 3 is 2.28 bits per heavy atom. The summed E-state index contributed by atoms with van der Waals surface area (Å²) in [6, 6.07) is 27.4. The molecule has 1 aromatic heterocycles. The lowest BCUT2D eigenvalue weighted by Crippen LogP contribution is -2.28. The van der Waals surface area contributed by atoms with Gasteiger partial charge >= 0.3 is 0 Å². The molecule has 0 aliphatic carbocycles. The Balaban J connectivity index is 1.55. The Hall–Kier alpha value is -3.58. The molecule has 0 spiro atoms. The summed E-state index contributed by atoms with van der Waals surface area (Å²) < 4.78 is 7.25. The van der Waals surface area contributed by atoms with Crippen LogP contribution in [-0.2, 0) is 4.79 Å². The van der Waals surface area contributed by atoms with E-state index in [2.05, 4.69) is 15.5 Å². The topological polar surface area (TPSA) is 69.0 Å². The first kappa shape index (κ1) is 21.6. The van der Waals surface area contributed by atoms with Crippen LogP contribution in [-0.4, -0.2) is 33.5 Å². The number of hydrogen-bond acceptors (Lipinski definition) is 5. The van der Waals surface area contributed by atoms with E-state index in [1.165, 1.54) is 11.8 Å². The Bertz CT molecular complexity index is 1160. The molecule has 0 saturated carbocycles. The van der Waals surface area contributed by atoms with Crippen molar-refractivity contribution in [3.05, 3.63) is 90.5 Å². The van der Waals surface area contributed by atoms with Gasteiger partial charge in [0.2, 0.25) is 5.91 Å². The number of aromatic nitrogens is 3. The van der Waals surface area contributed by atoms with Gasteiger partial charge in [0.1, 0.15) is 5.75 Å². The number of rotatable bonds is 8. The summed E-state index contributed by atoms with van der Waals surface area (Å²) in [5.74, 6) is 1.67. The molecule has 4 aromatic rings. The van der Waals surface area contributed by atoms with Crippen molar-refractivity contribution in [3.63, 3.8) is 0 Å². The second-order valence-corrected chi connectivity index (χ2v) is 8.14. The molecule has 4 rings (SSSR count). The molecule has 0 saturated heterocycles. The van der Waals surface area contributed by atoms with E-state index in [1.54, 1.807) is 7.11 Å². The molecule has 1 N–H and O–H groups in total. The minimum absolute atomic E-state index is 0.0584. The van der Waals surface area contributed by atoms with Crippen LogP contribution in [0.1, 0.15) is 18.5 Å². The van der Waals surface area contributed by atoms with Crippen molar-refractivity contribution in [2.45, 2.75) is 18.1 Å². The SMILES string of the molecule is COc1ccc(-n2c(SCC(=O)N[C@@H](C)c3ccccc3)nnc2-c2ccccc2)cc1. The maximum Gasteiger partial charge on any atom is 0.230 e. The first-order chi connectivity index (χ1) is 15.7. The minimum atomic E-state index is -0.0661. The smallest absolute Gasteiger partial charge is 0.230 e. The third kappa shape index (κ3) is 5.00. The first-order valence-corrected chi connectivity index (χ1v) is 11.3. The first-order valence-electron chi connectivity index (χ1n) is 10.3. The Morgan fingerprint density at radius 1 is 0.969 bits per heavy atom. The largest absolute Gasteiger partial charge is 0.497 e. The highest BCUT2D eigenvalue weighted by molar-refractivity contribution is 7.99. The Labute approximate surface area is 191 Å². The highest BCUT2D eigenvalue weighted by Crippen LogP contribution is 2.29. The van der Waals surface area contributed by atoms with E-state index >= 15 is 0 Å². The molecule has 162 valence electrons. The van der Waals surface area contributed by atoms with E-state index in [9.17, 15) is 4.79 Å². The zero-order chi connectivity index (χ0) is 22.3. The van der Waals surface area contributed by atoms with E-state index in [4.69, 9.17) is 4.74 Å². The van der Waals surface area contributed by atoms with Gasteiger partial charge in [-0.3, -0.25) is 9.36 Å². The van der Waals surface area contributed by atoms with Gasteiger partial charge in [0.15, 0.2) is 11.0 Å². The number of ether oxygens (including phenoxy) is 1. The number of carbonyl (C=O) groups is 1. The molecule has 1 amide bonds. The van der Waals surface area contributed by atoms with Crippen molar-refractivity contribution >= 4 is 17.7 Å².